The highest BCUT2D eigenvalue weighted by atomic mass is 16.5. The normalized spacial score (nSPS) is 20.6. The van der Waals surface area contributed by atoms with Crippen LogP contribution in [0.2, 0.25) is 0 Å². The third-order valence-corrected chi connectivity index (χ3v) is 3.38. The molecule has 1 unspecified atom stereocenters. The Kier molecular flexibility index (Phi) is 5.16. The molecular formula is C15H25N3O. The Hall–Kier alpha value is -1.13. The van der Waals surface area contributed by atoms with Crippen LogP contribution in [0.15, 0.2) is 18.5 Å². The maximum atomic E-state index is 5.71. The molecule has 4 heteroatoms. The van der Waals surface area contributed by atoms with Crippen LogP contribution in [0.3, 0.4) is 0 Å². The van der Waals surface area contributed by atoms with Gasteiger partial charge < -0.3 is 15.0 Å². The monoisotopic (exact) mass is 263 g/mol. The van der Waals surface area contributed by atoms with Crippen molar-refractivity contribution < 1.29 is 4.74 Å². The molecule has 0 aromatic carbocycles. The molecule has 1 atom stereocenters. The van der Waals surface area contributed by atoms with E-state index in [2.05, 4.69) is 42.0 Å². The number of rotatable bonds is 4. The first-order chi connectivity index (χ1) is 9.16. The molecule has 1 aromatic heterocycles. The van der Waals surface area contributed by atoms with Gasteiger partial charge in [-0.15, -0.1) is 0 Å². The predicted molar refractivity (Wildman–Crippen MR) is 78.5 cm³/mol. The van der Waals surface area contributed by atoms with Crippen molar-refractivity contribution in [3.8, 4) is 0 Å². The predicted octanol–water partition coefficient (Wildman–Crippen LogP) is 2.19. The third kappa shape index (κ3) is 4.18. The van der Waals surface area contributed by atoms with Crippen molar-refractivity contribution in [2.75, 3.05) is 24.6 Å². The van der Waals surface area contributed by atoms with Crippen molar-refractivity contribution in [1.82, 2.24) is 10.3 Å². The minimum absolute atomic E-state index is 0.286. The zero-order valence-corrected chi connectivity index (χ0v) is 12.2. The van der Waals surface area contributed by atoms with Crippen LogP contribution in [0.1, 0.15) is 32.8 Å². The molecular weight excluding hydrogens is 238 g/mol. The highest BCUT2D eigenvalue weighted by Gasteiger charge is 2.17. The summed E-state index contributed by atoms with van der Waals surface area (Å²) in [5, 5.41) is 3.48. The summed E-state index contributed by atoms with van der Waals surface area (Å²) in [4.78, 5) is 6.70. The van der Waals surface area contributed by atoms with Crippen molar-refractivity contribution in [3.63, 3.8) is 0 Å². The molecule has 106 valence electrons. The lowest BCUT2D eigenvalue weighted by molar-refractivity contribution is 0.0821. The number of aromatic nitrogens is 1. The maximum Gasteiger partial charge on any atom is 0.0721 e. The number of anilines is 1. The lowest BCUT2D eigenvalue weighted by Crippen LogP contribution is -2.32. The number of ether oxygens (including phenoxy) is 1. The highest BCUT2D eigenvalue weighted by molar-refractivity contribution is 5.51. The van der Waals surface area contributed by atoms with Crippen LogP contribution in [-0.4, -0.2) is 36.8 Å². The Bertz CT molecular complexity index is 395. The second-order valence-electron chi connectivity index (χ2n) is 5.52. The van der Waals surface area contributed by atoms with Gasteiger partial charge in [0.05, 0.1) is 18.0 Å². The van der Waals surface area contributed by atoms with Gasteiger partial charge in [-0.2, -0.15) is 0 Å². The quantitative estimate of drug-likeness (QED) is 0.903. The van der Waals surface area contributed by atoms with Crippen LogP contribution < -0.4 is 10.2 Å². The minimum atomic E-state index is 0.286. The van der Waals surface area contributed by atoms with E-state index in [0.29, 0.717) is 6.04 Å². The number of hydrogen-bond donors (Lipinski definition) is 1. The summed E-state index contributed by atoms with van der Waals surface area (Å²) in [6.45, 7) is 10.2. The van der Waals surface area contributed by atoms with Crippen LogP contribution in [0.5, 0.6) is 0 Å². The molecule has 1 aromatic rings. The topological polar surface area (TPSA) is 37.4 Å². The molecule has 19 heavy (non-hydrogen) atoms. The van der Waals surface area contributed by atoms with E-state index in [1.807, 2.05) is 12.4 Å². The van der Waals surface area contributed by atoms with E-state index in [0.717, 1.165) is 32.7 Å². The van der Waals surface area contributed by atoms with Gasteiger partial charge in [0.1, 0.15) is 0 Å². The van der Waals surface area contributed by atoms with Crippen molar-refractivity contribution in [1.29, 1.82) is 0 Å². The molecule has 1 aliphatic rings. The van der Waals surface area contributed by atoms with Gasteiger partial charge in [-0.25, -0.2) is 0 Å². The Morgan fingerprint density at radius 1 is 1.53 bits per heavy atom. The van der Waals surface area contributed by atoms with Gasteiger partial charge in [0, 0.05) is 38.5 Å². The Labute approximate surface area is 116 Å². The molecule has 0 spiro atoms. The zero-order chi connectivity index (χ0) is 13.7. The molecule has 0 amide bonds. The molecule has 2 heterocycles. The second-order valence-corrected chi connectivity index (χ2v) is 5.52. The van der Waals surface area contributed by atoms with Crippen LogP contribution in [0.4, 0.5) is 5.69 Å². The average Bonchev–Trinajstić information content (AvgIpc) is 2.61. The summed E-state index contributed by atoms with van der Waals surface area (Å²) in [6, 6.07) is 2.61. The maximum absolute atomic E-state index is 5.71. The summed E-state index contributed by atoms with van der Waals surface area (Å²) < 4.78 is 5.71. The summed E-state index contributed by atoms with van der Waals surface area (Å²) in [7, 11) is 0. The Morgan fingerprint density at radius 3 is 3.16 bits per heavy atom. The SMILES string of the molecule is CC(C)NCc1ccncc1N1CCCOC(C)C1. The summed E-state index contributed by atoms with van der Waals surface area (Å²) in [5.41, 5.74) is 2.56. The summed E-state index contributed by atoms with van der Waals surface area (Å²) in [6.07, 6.45) is 5.22. The highest BCUT2D eigenvalue weighted by Crippen LogP contribution is 2.21. The van der Waals surface area contributed by atoms with Gasteiger partial charge in [0.2, 0.25) is 0 Å². The molecule has 2 rings (SSSR count). The van der Waals surface area contributed by atoms with Gasteiger partial charge in [0.15, 0.2) is 0 Å². The van der Waals surface area contributed by atoms with E-state index in [1.54, 1.807) is 0 Å². The molecule has 1 saturated heterocycles. The fraction of sp³-hybridized carbons (Fsp3) is 0.667. The average molecular weight is 263 g/mol. The molecule has 1 aliphatic heterocycles. The molecule has 0 saturated carbocycles. The van der Waals surface area contributed by atoms with Gasteiger partial charge in [-0.05, 0) is 25.0 Å². The number of hydrogen-bond acceptors (Lipinski definition) is 4. The largest absolute Gasteiger partial charge is 0.377 e. The van der Waals surface area contributed by atoms with E-state index < -0.39 is 0 Å². The van der Waals surface area contributed by atoms with E-state index in [9.17, 15) is 0 Å². The Balaban J connectivity index is 2.13. The van der Waals surface area contributed by atoms with Crippen LogP contribution in [-0.2, 0) is 11.3 Å². The van der Waals surface area contributed by atoms with Crippen molar-refractivity contribution in [2.24, 2.45) is 0 Å². The van der Waals surface area contributed by atoms with Crippen molar-refractivity contribution in [3.05, 3.63) is 24.0 Å². The summed E-state index contributed by atoms with van der Waals surface area (Å²) >= 11 is 0. The van der Waals surface area contributed by atoms with Gasteiger partial charge in [0.25, 0.3) is 0 Å². The van der Waals surface area contributed by atoms with Gasteiger partial charge in [-0.3, -0.25) is 4.98 Å². The fourth-order valence-electron chi connectivity index (χ4n) is 2.38. The molecule has 1 N–H and O–H groups in total. The van der Waals surface area contributed by atoms with E-state index in [4.69, 9.17) is 4.74 Å². The molecule has 0 bridgehead atoms. The first kappa shape index (κ1) is 14.3. The second kappa shape index (κ2) is 6.87. The first-order valence-electron chi connectivity index (χ1n) is 7.19. The number of nitrogens with zero attached hydrogens (tertiary/aromatic N) is 2. The smallest absolute Gasteiger partial charge is 0.0721 e. The van der Waals surface area contributed by atoms with E-state index in [-0.39, 0.29) is 6.10 Å². The number of pyridine rings is 1. The van der Waals surface area contributed by atoms with Crippen molar-refractivity contribution >= 4 is 5.69 Å². The van der Waals surface area contributed by atoms with Crippen LogP contribution >= 0.6 is 0 Å². The van der Waals surface area contributed by atoms with Gasteiger partial charge >= 0.3 is 0 Å². The zero-order valence-electron chi connectivity index (χ0n) is 12.2. The minimum Gasteiger partial charge on any atom is -0.377 e. The lowest BCUT2D eigenvalue weighted by atomic mass is 10.2. The Morgan fingerprint density at radius 2 is 2.37 bits per heavy atom. The summed E-state index contributed by atoms with van der Waals surface area (Å²) in [5.74, 6) is 0. The van der Waals surface area contributed by atoms with E-state index >= 15 is 0 Å². The molecule has 0 aliphatic carbocycles. The molecule has 4 nitrogen and oxygen atoms in total. The van der Waals surface area contributed by atoms with Crippen LogP contribution in [0.25, 0.3) is 0 Å². The molecule has 0 radical (unpaired) electrons. The first-order valence-corrected chi connectivity index (χ1v) is 7.19. The van der Waals surface area contributed by atoms with Crippen molar-refractivity contribution in [2.45, 2.75) is 45.9 Å². The third-order valence-electron chi connectivity index (χ3n) is 3.38. The van der Waals surface area contributed by atoms with Gasteiger partial charge in [-0.1, -0.05) is 13.8 Å². The standard InChI is InChI=1S/C15H25N3O/c1-12(2)17-9-14-5-6-16-10-15(14)18-7-4-8-19-13(3)11-18/h5-6,10,12-13,17H,4,7-9,11H2,1-3H3. The molecule has 1 fully saturated rings. The van der Waals surface area contributed by atoms with E-state index in [1.165, 1.54) is 11.3 Å². The lowest BCUT2D eigenvalue weighted by Gasteiger charge is -2.26. The van der Waals surface area contributed by atoms with Crippen LogP contribution in [0, 0.1) is 0 Å². The fourth-order valence-corrected chi connectivity index (χ4v) is 2.38. The number of nitrogens with one attached hydrogen (secondary N) is 1.